The zero-order chi connectivity index (χ0) is 22.5. The van der Waals surface area contributed by atoms with Crippen LogP contribution in [0.15, 0.2) is 84.9 Å². The molecule has 4 aromatic rings. The van der Waals surface area contributed by atoms with Crippen LogP contribution in [0.2, 0.25) is 0 Å². The number of hydrogen-bond donors (Lipinski definition) is 2. The molecule has 0 saturated heterocycles. The van der Waals surface area contributed by atoms with E-state index in [2.05, 4.69) is 10.3 Å². The number of rotatable bonds is 7. The highest BCUT2D eigenvalue weighted by Gasteiger charge is 2.17. The largest absolute Gasteiger partial charge is 0.487 e. The lowest BCUT2D eigenvalue weighted by atomic mass is 9.96. The van der Waals surface area contributed by atoms with Crippen molar-refractivity contribution < 1.29 is 19.4 Å². The molecule has 3 aromatic carbocycles. The number of aromatic nitrogens is 1. The van der Waals surface area contributed by atoms with Gasteiger partial charge in [0.1, 0.15) is 12.4 Å². The smallest absolute Gasteiger partial charge is 0.335 e. The van der Waals surface area contributed by atoms with E-state index in [0.29, 0.717) is 17.9 Å². The molecule has 0 aliphatic heterocycles. The molecule has 0 aliphatic carbocycles. The minimum atomic E-state index is -1.02. The fourth-order valence-corrected chi connectivity index (χ4v) is 3.54. The van der Waals surface area contributed by atoms with Gasteiger partial charge in [0.2, 0.25) is 5.91 Å². The Morgan fingerprint density at radius 1 is 0.938 bits per heavy atom. The Morgan fingerprint density at radius 3 is 2.47 bits per heavy atom. The third-order valence-electron chi connectivity index (χ3n) is 5.05. The summed E-state index contributed by atoms with van der Waals surface area (Å²) in [7, 11) is 0. The number of carboxylic acids is 1. The zero-order valence-corrected chi connectivity index (χ0v) is 17.5. The van der Waals surface area contributed by atoms with E-state index < -0.39 is 12.0 Å². The Balaban J connectivity index is 1.58. The third-order valence-corrected chi connectivity index (χ3v) is 5.05. The molecular formula is C26H22N2O4. The quantitative estimate of drug-likeness (QED) is 0.446. The topological polar surface area (TPSA) is 88.5 Å². The van der Waals surface area contributed by atoms with E-state index in [1.165, 1.54) is 13.0 Å². The molecule has 0 aliphatic rings. The third kappa shape index (κ3) is 4.92. The molecule has 1 aromatic heterocycles. The fourth-order valence-electron chi connectivity index (χ4n) is 3.54. The van der Waals surface area contributed by atoms with Gasteiger partial charge in [0.15, 0.2) is 0 Å². The highest BCUT2D eigenvalue weighted by atomic mass is 16.5. The molecule has 0 radical (unpaired) electrons. The van der Waals surface area contributed by atoms with Crippen LogP contribution < -0.4 is 10.1 Å². The standard InChI is InChI=1S/C26H22N2O4/c1-17(29)27-25(19-7-4-9-21(14-19)26(30)31)20-8-5-10-23(15-20)32-16-22-13-12-18-6-2-3-11-24(18)28-22/h2-15,25H,16H2,1H3,(H,27,29)(H,30,31). The first-order valence-electron chi connectivity index (χ1n) is 10.2. The van der Waals surface area contributed by atoms with Crippen LogP contribution in [0.25, 0.3) is 10.9 Å². The van der Waals surface area contributed by atoms with Gasteiger partial charge < -0.3 is 15.2 Å². The number of aromatic carboxylic acids is 1. The summed E-state index contributed by atoms with van der Waals surface area (Å²) in [5, 5.41) is 13.3. The van der Waals surface area contributed by atoms with E-state index in [1.54, 1.807) is 18.2 Å². The Labute approximate surface area is 185 Å². The summed E-state index contributed by atoms with van der Waals surface area (Å²) < 4.78 is 5.97. The first-order chi connectivity index (χ1) is 15.5. The maximum atomic E-state index is 11.9. The van der Waals surface area contributed by atoms with E-state index in [9.17, 15) is 14.7 Å². The number of ether oxygens (including phenoxy) is 1. The van der Waals surface area contributed by atoms with E-state index in [-0.39, 0.29) is 11.5 Å². The van der Waals surface area contributed by atoms with Gasteiger partial charge in [0.05, 0.1) is 22.8 Å². The Hall–Kier alpha value is -4.19. The number of pyridine rings is 1. The Kier molecular flexibility index (Phi) is 6.12. The molecule has 6 heteroatoms. The predicted molar refractivity (Wildman–Crippen MR) is 122 cm³/mol. The van der Waals surface area contributed by atoms with Gasteiger partial charge in [-0.25, -0.2) is 9.78 Å². The second kappa shape index (κ2) is 9.31. The van der Waals surface area contributed by atoms with Crippen molar-refractivity contribution in [2.24, 2.45) is 0 Å². The molecule has 1 unspecified atom stereocenters. The van der Waals surface area contributed by atoms with Crippen molar-refractivity contribution in [3.05, 3.63) is 107 Å². The summed E-state index contributed by atoms with van der Waals surface area (Å²) in [5.41, 5.74) is 3.33. The van der Waals surface area contributed by atoms with Crippen molar-refractivity contribution in [2.45, 2.75) is 19.6 Å². The Bertz CT molecular complexity index is 1290. The number of nitrogens with one attached hydrogen (secondary N) is 1. The number of carbonyl (C=O) groups excluding carboxylic acids is 1. The van der Waals surface area contributed by atoms with Crippen LogP contribution in [-0.4, -0.2) is 22.0 Å². The summed E-state index contributed by atoms with van der Waals surface area (Å²) in [6, 6.07) is 25.3. The molecule has 6 nitrogen and oxygen atoms in total. The molecule has 2 N–H and O–H groups in total. The van der Waals surface area contributed by atoms with Crippen molar-refractivity contribution in [1.82, 2.24) is 10.3 Å². The molecular weight excluding hydrogens is 404 g/mol. The highest BCUT2D eigenvalue weighted by molar-refractivity contribution is 5.88. The van der Waals surface area contributed by atoms with Crippen LogP contribution in [0, 0.1) is 0 Å². The van der Waals surface area contributed by atoms with Gasteiger partial charge in [-0.2, -0.15) is 0 Å². The molecule has 0 saturated carbocycles. The van der Waals surface area contributed by atoms with E-state index >= 15 is 0 Å². The summed E-state index contributed by atoms with van der Waals surface area (Å²) in [5.74, 6) is -0.613. The molecule has 0 fully saturated rings. The average Bonchev–Trinajstić information content (AvgIpc) is 2.81. The van der Waals surface area contributed by atoms with Gasteiger partial charge in [-0.05, 0) is 47.5 Å². The van der Waals surface area contributed by atoms with Crippen molar-refractivity contribution in [2.75, 3.05) is 0 Å². The zero-order valence-electron chi connectivity index (χ0n) is 17.5. The van der Waals surface area contributed by atoms with Crippen LogP contribution in [0.1, 0.15) is 40.1 Å². The number of carbonyl (C=O) groups is 2. The predicted octanol–water partition coefficient (Wildman–Crippen LogP) is 4.74. The Morgan fingerprint density at radius 2 is 1.69 bits per heavy atom. The van der Waals surface area contributed by atoms with Gasteiger partial charge in [0, 0.05) is 12.3 Å². The van der Waals surface area contributed by atoms with E-state index in [4.69, 9.17) is 4.74 Å². The monoisotopic (exact) mass is 426 g/mol. The summed E-state index contributed by atoms with van der Waals surface area (Å²) >= 11 is 0. The van der Waals surface area contributed by atoms with Crippen molar-refractivity contribution in [3.8, 4) is 5.75 Å². The van der Waals surface area contributed by atoms with Gasteiger partial charge in [-0.1, -0.05) is 48.5 Å². The van der Waals surface area contributed by atoms with Crippen LogP contribution in [0.5, 0.6) is 5.75 Å². The molecule has 0 bridgehead atoms. The lowest BCUT2D eigenvalue weighted by molar-refractivity contribution is -0.119. The molecule has 160 valence electrons. The number of benzene rings is 3. The van der Waals surface area contributed by atoms with Crippen LogP contribution in [0.3, 0.4) is 0 Å². The number of fused-ring (bicyclic) bond motifs is 1. The van der Waals surface area contributed by atoms with Crippen molar-refractivity contribution in [1.29, 1.82) is 0 Å². The second-order valence-corrected chi connectivity index (χ2v) is 7.42. The fraction of sp³-hybridized carbons (Fsp3) is 0.115. The molecule has 1 atom stereocenters. The number of carboxylic acid groups (broad SMARTS) is 1. The lowest BCUT2D eigenvalue weighted by Gasteiger charge is -2.20. The average molecular weight is 426 g/mol. The van der Waals surface area contributed by atoms with Crippen molar-refractivity contribution in [3.63, 3.8) is 0 Å². The molecule has 0 spiro atoms. The van der Waals surface area contributed by atoms with Gasteiger partial charge in [-0.15, -0.1) is 0 Å². The molecule has 32 heavy (non-hydrogen) atoms. The number of para-hydroxylation sites is 1. The van der Waals surface area contributed by atoms with Crippen LogP contribution in [0.4, 0.5) is 0 Å². The summed E-state index contributed by atoms with van der Waals surface area (Å²) in [6.45, 7) is 1.73. The van der Waals surface area contributed by atoms with E-state index in [1.807, 2.05) is 60.7 Å². The molecule has 1 heterocycles. The number of nitrogens with zero attached hydrogens (tertiary/aromatic N) is 1. The first kappa shape index (κ1) is 21.1. The minimum Gasteiger partial charge on any atom is -0.487 e. The summed E-state index contributed by atoms with van der Waals surface area (Å²) in [6.07, 6.45) is 0. The van der Waals surface area contributed by atoms with Gasteiger partial charge in [0.25, 0.3) is 0 Å². The number of hydrogen-bond acceptors (Lipinski definition) is 4. The lowest BCUT2D eigenvalue weighted by Crippen LogP contribution is -2.27. The normalized spacial score (nSPS) is 11.7. The van der Waals surface area contributed by atoms with E-state index in [0.717, 1.165) is 22.2 Å². The van der Waals surface area contributed by atoms with Crippen LogP contribution >= 0.6 is 0 Å². The van der Waals surface area contributed by atoms with Gasteiger partial charge >= 0.3 is 5.97 Å². The minimum absolute atomic E-state index is 0.160. The molecule has 4 rings (SSSR count). The highest BCUT2D eigenvalue weighted by Crippen LogP contribution is 2.26. The summed E-state index contributed by atoms with van der Waals surface area (Å²) in [4.78, 5) is 27.9. The molecule has 1 amide bonds. The van der Waals surface area contributed by atoms with Gasteiger partial charge in [-0.3, -0.25) is 4.79 Å². The maximum absolute atomic E-state index is 11.9. The maximum Gasteiger partial charge on any atom is 0.335 e. The number of amides is 1. The van der Waals surface area contributed by atoms with Crippen LogP contribution in [-0.2, 0) is 11.4 Å². The SMILES string of the molecule is CC(=O)NC(c1cccc(OCc2ccc3ccccc3n2)c1)c1cccc(C(=O)O)c1. The first-order valence-corrected chi connectivity index (χ1v) is 10.2. The second-order valence-electron chi connectivity index (χ2n) is 7.42. The van der Waals surface area contributed by atoms with Crippen molar-refractivity contribution >= 4 is 22.8 Å².